The Morgan fingerprint density at radius 1 is 1.11 bits per heavy atom. The van der Waals surface area contributed by atoms with Crippen LogP contribution in [0.3, 0.4) is 0 Å². The Morgan fingerprint density at radius 3 is 2.59 bits per heavy atom. The van der Waals surface area contributed by atoms with Gasteiger partial charge in [0.2, 0.25) is 0 Å². The van der Waals surface area contributed by atoms with Gasteiger partial charge in [-0.25, -0.2) is 14.6 Å². The van der Waals surface area contributed by atoms with Crippen molar-refractivity contribution >= 4 is 5.91 Å². The number of aromatic nitrogens is 5. The Balaban J connectivity index is 1.52. The number of imidazole rings is 1. The van der Waals surface area contributed by atoms with Crippen LogP contribution in [0.2, 0.25) is 0 Å². The third kappa shape index (κ3) is 3.92. The number of aromatic amines is 1. The molecule has 7 nitrogen and oxygen atoms in total. The second-order valence-corrected chi connectivity index (χ2v) is 6.06. The molecule has 27 heavy (non-hydrogen) atoms. The minimum Gasteiger partial charge on any atom is -0.349 e. The van der Waals surface area contributed by atoms with Crippen LogP contribution in [0.15, 0.2) is 79.6 Å². The zero-order valence-corrected chi connectivity index (χ0v) is 14.5. The summed E-state index contributed by atoms with van der Waals surface area (Å²) in [7, 11) is 0. The third-order valence-electron chi connectivity index (χ3n) is 4.27. The van der Waals surface area contributed by atoms with E-state index in [1.54, 1.807) is 35.5 Å². The maximum absolute atomic E-state index is 12.8. The summed E-state index contributed by atoms with van der Waals surface area (Å²) in [5.74, 6) is 0.686. The summed E-state index contributed by atoms with van der Waals surface area (Å²) >= 11 is 0. The van der Waals surface area contributed by atoms with E-state index < -0.39 is 0 Å². The van der Waals surface area contributed by atoms with Gasteiger partial charge in [0.05, 0.1) is 11.7 Å². The fraction of sp³-hybridized carbons (Fsp3) is 0.100. The molecule has 4 aromatic rings. The van der Waals surface area contributed by atoms with Gasteiger partial charge in [0.15, 0.2) is 0 Å². The fourth-order valence-corrected chi connectivity index (χ4v) is 2.89. The van der Waals surface area contributed by atoms with Gasteiger partial charge in [-0.2, -0.15) is 5.10 Å². The fourth-order valence-electron chi connectivity index (χ4n) is 2.89. The molecule has 0 aliphatic rings. The molecule has 1 atom stereocenters. The van der Waals surface area contributed by atoms with Gasteiger partial charge < -0.3 is 10.3 Å². The van der Waals surface area contributed by atoms with Gasteiger partial charge in [-0.15, -0.1) is 0 Å². The lowest BCUT2D eigenvalue weighted by molar-refractivity contribution is 0.0936. The molecule has 0 spiro atoms. The summed E-state index contributed by atoms with van der Waals surface area (Å²) in [5, 5.41) is 7.19. The predicted molar refractivity (Wildman–Crippen MR) is 100 cm³/mol. The average Bonchev–Trinajstić information content (AvgIpc) is 3.42. The van der Waals surface area contributed by atoms with Gasteiger partial charge in [0.1, 0.15) is 18.5 Å². The molecular formula is C20H18N6O. The van der Waals surface area contributed by atoms with Gasteiger partial charge in [-0.1, -0.05) is 30.3 Å². The molecule has 0 radical (unpaired) electrons. The summed E-state index contributed by atoms with van der Waals surface area (Å²) in [6, 6.07) is 16.9. The van der Waals surface area contributed by atoms with E-state index in [0.717, 1.165) is 17.1 Å². The molecule has 0 fully saturated rings. The number of carbonyl (C=O) groups excluding carboxylic acids is 1. The second kappa shape index (κ2) is 7.65. The summed E-state index contributed by atoms with van der Waals surface area (Å²) in [6.07, 6.45) is 7.16. The van der Waals surface area contributed by atoms with Crippen LogP contribution in [0.1, 0.15) is 27.8 Å². The Morgan fingerprint density at radius 2 is 1.93 bits per heavy atom. The second-order valence-electron chi connectivity index (χ2n) is 6.06. The van der Waals surface area contributed by atoms with Gasteiger partial charge in [-0.3, -0.25) is 4.79 Å². The van der Waals surface area contributed by atoms with Crippen LogP contribution in [-0.2, 0) is 6.42 Å². The first-order valence-corrected chi connectivity index (χ1v) is 8.59. The Labute approximate surface area is 156 Å². The number of hydrogen-bond donors (Lipinski definition) is 2. The number of rotatable bonds is 6. The van der Waals surface area contributed by atoms with Crippen LogP contribution >= 0.6 is 0 Å². The molecule has 0 aliphatic heterocycles. The number of nitrogens with zero attached hydrogens (tertiary/aromatic N) is 4. The standard InChI is InChI=1S/C20H18N6O/c27-20(16-6-8-17(9-7-16)26-14-21-13-24-26)25-18(12-19-22-10-11-23-19)15-4-2-1-3-5-15/h1-11,13-14,18H,12H2,(H,22,23)(H,25,27). The molecule has 4 rings (SSSR count). The van der Waals surface area contributed by atoms with E-state index in [1.165, 1.54) is 6.33 Å². The highest BCUT2D eigenvalue weighted by molar-refractivity contribution is 5.94. The van der Waals surface area contributed by atoms with Crippen molar-refractivity contribution in [1.82, 2.24) is 30.0 Å². The normalized spacial score (nSPS) is 11.9. The summed E-state index contributed by atoms with van der Waals surface area (Å²) in [4.78, 5) is 24.1. The number of hydrogen-bond acceptors (Lipinski definition) is 4. The first-order chi connectivity index (χ1) is 13.3. The van der Waals surface area contributed by atoms with Crippen LogP contribution in [0.5, 0.6) is 0 Å². The molecule has 7 heteroatoms. The van der Waals surface area contributed by atoms with E-state index in [2.05, 4.69) is 25.4 Å². The summed E-state index contributed by atoms with van der Waals surface area (Å²) < 4.78 is 1.64. The van der Waals surface area contributed by atoms with Crippen LogP contribution < -0.4 is 5.32 Å². The van der Waals surface area contributed by atoms with Crippen molar-refractivity contribution in [3.05, 3.63) is 96.6 Å². The molecule has 2 aromatic carbocycles. The SMILES string of the molecule is O=C(NC(Cc1ncc[nH]1)c1ccccc1)c1ccc(-n2cncn2)cc1. The van der Waals surface area contributed by atoms with Crippen LogP contribution in [0.25, 0.3) is 5.69 Å². The van der Waals surface area contributed by atoms with E-state index in [-0.39, 0.29) is 11.9 Å². The zero-order chi connectivity index (χ0) is 18.5. The van der Waals surface area contributed by atoms with E-state index in [4.69, 9.17) is 0 Å². The van der Waals surface area contributed by atoms with E-state index in [1.807, 2.05) is 42.5 Å². The molecule has 2 heterocycles. The Bertz CT molecular complexity index is 979. The lowest BCUT2D eigenvalue weighted by Gasteiger charge is -2.18. The number of carbonyl (C=O) groups is 1. The van der Waals surface area contributed by atoms with Gasteiger partial charge >= 0.3 is 0 Å². The Kier molecular flexibility index (Phi) is 4.74. The quantitative estimate of drug-likeness (QED) is 0.555. The molecule has 2 N–H and O–H groups in total. The highest BCUT2D eigenvalue weighted by Gasteiger charge is 2.17. The first kappa shape index (κ1) is 16.7. The van der Waals surface area contributed by atoms with Crippen molar-refractivity contribution in [2.45, 2.75) is 12.5 Å². The molecule has 0 saturated heterocycles. The largest absolute Gasteiger partial charge is 0.349 e. The molecule has 1 amide bonds. The summed E-state index contributed by atoms with van der Waals surface area (Å²) in [6.45, 7) is 0. The summed E-state index contributed by atoms with van der Waals surface area (Å²) in [5.41, 5.74) is 2.46. The minimum absolute atomic E-state index is 0.138. The molecule has 2 aromatic heterocycles. The third-order valence-corrected chi connectivity index (χ3v) is 4.27. The number of H-pyrrole nitrogens is 1. The number of benzene rings is 2. The van der Waals surface area contributed by atoms with Gasteiger partial charge in [0, 0.05) is 24.4 Å². The molecule has 0 saturated carbocycles. The first-order valence-electron chi connectivity index (χ1n) is 8.59. The van der Waals surface area contributed by atoms with Crippen LogP contribution in [0, 0.1) is 0 Å². The van der Waals surface area contributed by atoms with Crippen LogP contribution in [0.4, 0.5) is 0 Å². The maximum Gasteiger partial charge on any atom is 0.251 e. The smallest absolute Gasteiger partial charge is 0.251 e. The van der Waals surface area contributed by atoms with Crippen molar-refractivity contribution < 1.29 is 4.79 Å². The van der Waals surface area contributed by atoms with Crippen molar-refractivity contribution in [3.8, 4) is 5.69 Å². The molecule has 0 aliphatic carbocycles. The Hall–Kier alpha value is -3.74. The van der Waals surface area contributed by atoms with Gasteiger partial charge in [-0.05, 0) is 29.8 Å². The number of amides is 1. The molecule has 134 valence electrons. The molecule has 0 bridgehead atoms. The van der Waals surface area contributed by atoms with Crippen molar-refractivity contribution in [3.63, 3.8) is 0 Å². The maximum atomic E-state index is 12.8. The van der Waals surface area contributed by atoms with Crippen molar-refractivity contribution in [1.29, 1.82) is 0 Å². The van der Waals surface area contributed by atoms with Gasteiger partial charge in [0.25, 0.3) is 5.91 Å². The monoisotopic (exact) mass is 358 g/mol. The average molecular weight is 358 g/mol. The highest BCUT2D eigenvalue weighted by atomic mass is 16.1. The van der Waals surface area contributed by atoms with E-state index in [0.29, 0.717) is 12.0 Å². The zero-order valence-electron chi connectivity index (χ0n) is 14.5. The van der Waals surface area contributed by atoms with Crippen molar-refractivity contribution in [2.24, 2.45) is 0 Å². The molecule has 1 unspecified atom stereocenters. The lowest BCUT2D eigenvalue weighted by atomic mass is 10.0. The van der Waals surface area contributed by atoms with E-state index in [9.17, 15) is 4.79 Å². The van der Waals surface area contributed by atoms with Crippen LogP contribution in [-0.4, -0.2) is 30.6 Å². The van der Waals surface area contributed by atoms with E-state index >= 15 is 0 Å². The predicted octanol–water partition coefficient (Wildman–Crippen LogP) is 2.70. The molecular weight excluding hydrogens is 340 g/mol. The minimum atomic E-state index is -0.181. The highest BCUT2D eigenvalue weighted by Crippen LogP contribution is 2.18. The topological polar surface area (TPSA) is 88.5 Å². The van der Waals surface area contributed by atoms with Crippen molar-refractivity contribution in [2.75, 3.05) is 0 Å². The number of nitrogens with one attached hydrogen (secondary N) is 2. The lowest BCUT2D eigenvalue weighted by Crippen LogP contribution is -2.30.